The smallest absolute Gasteiger partial charge is 0.410 e. The lowest BCUT2D eigenvalue weighted by molar-refractivity contribution is -0.115. The lowest BCUT2D eigenvalue weighted by atomic mass is 9.90. The molecule has 1 saturated heterocycles. The zero-order valence-corrected chi connectivity index (χ0v) is 19.3. The quantitative estimate of drug-likeness (QED) is 0.676. The summed E-state index contributed by atoms with van der Waals surface area (Å²) in [6, 6.07) is 16.8. The zero-order chi connectivity index (χ0) is 23.2. The average molecular weight is 440 g/mol. The highest BCUT2D eigenvalue weighted by molar-refractivity contribution is 5.92. The Bertz CT molecular complexity index is 899. The molecule has 0 spiro atoms. The summed E-state index contributed by atoms with van der Waals surface area (Å²) in [5.41, 5.74) is 0.00521. The SMILES string of the molecule is CC1(NCC(=O)Nc2ccc(Oc3ccccc3)cc2)CCN(C(=O)OC(C)(C)C)CC1. The average Bonchev–Trinajstić information content (AvgIpc) is 2.74. The van der Waals surface area contributed by atoms with Crippen LogP contribution in [-0.4, -0.2) is 47.7 Å². The number of ether oxygens (including phenoxy) is 2. The van der Waals surface area contributed by atoms with Crippen LogP contribution in [0.25, 0.3) is 0 Å². The van der Waals surface area contributed by atoms with E-state index in [4.69, 9.17) is 9.47 Å². The van der Waals surface area contributed by atoms with Gasteiger partial charge in [-0.2, -0.15) is 0 Å². The fourth-order valence-electron chi connectivity index (χ4n) is 3.42. The van der Waals surface area contributed by atoms with Crippen LogP contribution in [0.5, 0.6) is 11.5 Å². The highest BCUT2D eigenvalue weighted by Gasteiger charge is 2.33. The lowest BCUT2D eigenvalue weighted by Crippen LogP contribution is -2.54. The number of rotatable bonds is 6. The van der Waals surface area contributed by atoms with Crippen LogP contribution in [0.1, 0.15) is 40.5 Å². The molecule has 0 aliphatic carbocycles. The molecule has 0 atom stereocenters. The molecule has 7 nitrogen and oxygen atoms in total. The second kappa shape index (κ2) is 10.0. The number of benzene rings is 2. The second-order valence-electron chi connectivity index (χ2n) is 9.37. The molecule has 0 saturated carbocycles. The zero-order valence-electron chi connectivity index (χ0n) is 19.3. The first-order valence-electron chi connectivity index (χ1n) is 11.0. The molecule has 1 aliphatic rings. The number of para-hydroxylation sites is 1. The molecule has 172 valence electrons. The van der Waals surface area contributed by atoms with Gasteiger partial charge in [-0.1, -0.05) is 18.2 Å². The van der Waals surface area contributed by atoms with Crippen molar-refractivity contribution in [1.82, 2.24) is 10.2 Å². The Balaban J connectivity index is 1.42. The normalized spacial score (nSPS) is 15.7. The number of anilines is 1. The van der Waals surface area contributed by atoms with E-state index >= 15 is 0 Å². The van der Waals surface area contributed by atoms with E-state index < -0.39 is 5.60 Å². The van der Waals surface area contributed by atoms with Crippen molar-refractivity contribution >= 4 is 17.7 Å². The Morgan fingerprint density at radius 2 is 1.56 bits per heavy atom. The third-order valence-electron chi connectivity index (χ3n) is 5.31. The van der Waals surface area contributed by atoms with Gasteiger partial charge < -0.3 is 25.0 Å². The standard InChI is InChI=1S/C25H33N3O4/c1-24(2,3)32-23(30)28-16-14-25(4,15-17-28)26-18-22(29)27-19-10-12-21(13-11-19)31-20-8-6-5-7-9-20/h5-13,26H,14-18H2,1-4H3,(H,27,29). The van der Waals surface area contributed by atoms with Gasteiger partial charge in [0.05, 0.1) is 6.54 Å². The molecule has 1 fully saturated rings. The van der Waals surface area contributed by atoms with Gasteiger partial charge in [-0.15, -0.1) is 0 Å². The molecule has 3 rings (SSSR count). The summed E-state index contributed by atoms with van der Waals surface area (Å²) < 4.78 is 11.2. The molecule has 0 bridgehead atoms. The molecule has 0 radical (unpaired) electrons. The number of hydrogen-bond acceptors (Lipinski definition) is 5. The van der Waals surface area contributed by atoms with Crippen LogP contribution in [0.3, 0.4) is 0 Å². The lowest BCUT2D eigenvalue weighted by Gasteiger charge is -2.40. The number of carbonyl (C=O) groups excluding carboxylic acids is 2. The van der Waals surface area contributed by atoms with E-state index in [1.165, 1.54) is 0 Å². The van der Waals surface area contributed by atoms with Gasteiger partial charge in [-0.3, -0.25) is 4.79 Å². The fraction of sp³-hybridized carbons (Fsp3) is 0.440. The van der Waals surface area contributed by atoms with Gasteiger partial charge in [0, 0.05) is 24.3 Å². The largest absolute Gasteiger partial charge is 0.457 e. The fourth-order valence-corrected chi connectivity index (χ4v) is 3.42. The Hall–Kier alpha value is -3.06. The highest BCUT2D eigenvalue weighted by Crippen LogP contribution is 2.24. The summed E-state index contributed by atoms with van der Waals surface area (Å²) in [5, 5.41) is 6.26. The molecule has 1 heterocycles. The van der Waals surface area contributed by atoms with Gasteiger partial charge in [-0.25, -0.2) is 4.79 Å². The summed E-state index contributed by atoms with van der Waals surface area (Å²) in [5.74, 6) is 1.36. The summed E-state index contributed by atoms with van der Waals surface area (Å²) in [4.78, 5) is 26.4. The molecule has 1 aliphatic heterocycles. The molecular weight excluding hydrogens is 406 g/mol. The summed E-state index contributed by atoms with van der Waals surface area (Å²) in [6.45, 7) is 9.08. The molecule has 2 N–H and O–H groups in total. The molecule has 7 heteroatoms. The Morgan fingerprint density at radius 3 is 2.16 bits per heavy atom. The van der Waals surface area contributed by atoms with Crippen LogP contribution >= 0.6 is 0 Å². The predicted molar refractivity (Wildman–Crippen MR) is 125 cm³/mol. The van der Waals surface area contributed by atoms with Crippen molar-refractivity contribution in [2.75, 3.05) is 25.0 Å². The predicted octanol–water partition coefficient (Wildman–Crippen LogP) is 4.80. The number of carbonyl (C=O) groups is 2. The summed E-state index contributed by atoms with van der Waals surface area (Å²) >= 11 is 0. The maximum absolute atomic E-state index is 12.4. The number of likely N-dealkylation sites (tertiary alicyclic amines) is 1. The molecule has 0 unspecified atom stereocenters. The molecule has 32 heavy (non-hydrogen) atoms. The van der Waals surface area contributed by atoms with E-state index in [0.717, 1.165) is 18.6 Å². The minimum Gasteiger partial charge on any atom is -0.457 e. The number of hydrogen-bond donors (Lipinski definition) is 2. The van der Waals surface area contributed by atoms with Crippen molar-refractivity contribution in [3.05, 3.63) is 54.6 Å². The van der Waals surface area contributed by atoms with Crippen molar-refractivity contribution in [2.24, 2.45) is 0 Å². The van der Waals surface area contributed by atoms with Crippen LogP contribution in [0.2, 0.25) is 0 Å². The van der Waals surface area contributed by atoms with Gasteiger partial charge in [0.2, 0.25) is 5.91 Å². The second-order valence-corrected chi connectivity index (χ2v) is 9.37. The topological polar surface area (TPSA) is 79.9 Å². The summed E-state index contributed by atoms with van der Waals surface area (Å²) in [6.07, 6.45) is 1.23. The van der Waals surface area contributed by atoms with Crippen LogP contribution in [-0.2, 0) is 9.53 Å². The molecule has 2 aromatic rings. The maximum atomic E-state index is 12.4. The van der Waals surface area contributed by atoms with Crippen LogP contribution in [0.15, 0.2) is 54.6 Å². The number of nitrogens with one attached hydrogen (secondary N) is 2. The van der Waals surface area contributed by atoms with Crippen LogP contribution < -0.4 is 15.4 Å². The van der Waals surface area contributed by atoms with Gasteiger partial charge in [0.15, 0.2) is 0 Å². The molecular formula is C25H33N3O4. The van der Waals surface area contributed by atoms with Crippen molar-refractivity contribution < 1.29 is 19.1 Å². The van der Waals surface area contributed by atoms with Gasteiger partial charge in [-0.05, 0) is 76.9 Å². The first-order valence-corrected chi connectivity index (χ1v) is 11.0. The van der Waals surface area contributed by atoms with Crippen molar-refractivity contribution in [1.29, 1.82) is 0 Å². The Labute approximate surface area is 190 Å². The van der Waals surface area contributed by atoms with Gasteiger partial charge >= 0.3 is 6.09 Å². The Kier molecular flexibility index (Phi) is 7.40. The van der Waals surface area contributed by atoms with E-state index in [1.54, 1.807) is 4.90 Å². The van der Waals surface area contributed by atoms with Crippen LogP contribution in [0, 0.1) is 0 Å². The molecule has 2 amide bonds. The third kappa shape index (κ3) is 7.27. The summed E-state index contributed by atoms with van der Waals surface area (Å²) in [7, 11) is 0. The first kappa shape index (κ1) is 23.6. The van der Waals surface area contributed by atoms with Crippen molar-refractivity contribution in [2.45, 2.75) is 51.7 Å². The van der Waals surface area contributed by atoms with Crippen LogP contribution in [0.4, 0.5) is 10.5 Å². The monoisotopic (exact) mass is 439 g/mol. The highest BCUT2D eigenvalue weighted by atomic mass is 16.6. The van der Waals surface area contributed by atoms with E-state index in [2.05, 4.69) is 17.6 Å². The van der Waals surface area contributed by atoms with E-state index in [0.29, 0.717) is 24.5 Å². The van der Waals surface area contributed by atoms with E-state index in [9.17, 15) is 9.59 Å². The first-order chi connectivity index (χ1) is 15.1. The van der Waals surface area contributed by atoms with E-state index in [1.807, 2.05) is 75.4 Å². The molecule has 2 aromatic carbocycles. The maximum Gasteiger partial charge on any atom is 0.410 e. The van der Waals surface area contributed by atoms with Crippen molar-refractivity contribution in [3.8, 4) is 11.5 Å². The molecule has 0 aromatic heterocycles. The minimum atomic E-state index is -0.500. The number of nitrogens with zero attached hydrogens (tertiary/aromatic N) is 1. The number of amides is 2. The Morgan fingerprint density at radius 1 is 0.969 bits per heavy atom. The van der Waals surface area contributed by atoms with E-state index in [-0.39, 0.29) is 24.1 Å². The van der Waals surface area contributed by atoms with Gasteiger partial charge in [0.1, 0.15) is 17.1 Å². The third-order valence-corrected chi connectivity index (χ3v) is 5.31. The minimum absolute atomic E-state index is 0.113. The van der Waals surface area contributed by atoms with Gasteiger partial charge in [0.25, 0.3) is 0 Å². The number of piperidine rings is 1. The van der Waals surface area contributed by atoms with Crippen molar-refractivity contribution in [3.63, 3.8) is 0 Å².